The lowest BCUT2D eigenvalue weighted by Crippen LogP contribution is -2.46. The van der Waals surface area contributed by atoms with Crippen LogP contribution in [0, 0.1) is 12.8 Å². The highest BCUT2D eigenvalue weighted by atomic mass is 16.7. The van der Waals surface area contributed by atoms with E-state index in [2.05, 4.69) is 29.3 Å². The number of oxime groups is 1. The van der Waals surface area contributed by atoms with Gasteiger partial charge in [0.2, 0.25) is 5.60 Å². The molecule has 0 bridgehead atoms. The van der Waals surface area contributed by atoms with Crippen molar-refractivity contribution < 1.29 is 19.2 Å². The van der Waals surface area contributed by atoms with E-state index in [1.54, 1.807) is 12.1 Å². The second-order valence-corrected chi connectivity index (χ2v) is 8.32. The quantitative estimate of drug-likeness (QED) is 0.657. The van der Waals surface area contributed by atoms with Crippen LogP contribution in [-0.4, -0.2) is 41.3 Å². The predicted octanol–water partition coefficient (Wildman–Crippen LogP) is 3.47. The molecular formula is C24H29N3O4. The Labute approximate surface area is 182 Å². The van der Waals surface area contributed by atoms with Crippen molar-refractivity contribution in [1.82, 2.24) is 10.3 Å². The van der Waals surface area contributed by atoms with Crippen LogP contribution in [0.4, 0.5) is 0 Å². The summed E-state index contributed by atoms with van der Waals surface area (Å²) in [6.07, 6.45) is 1.23. The molecule has 3 rings (SSSR count). The van der Waals surface area contributed by atoms with Gasteiger partial charge in [-0.2, -0.15) is 0 Å². The molecule has 0 saturated heterocycles. The Morgan fingerprint density at radius 2 is 1.90 bits per heavy atom. The molecule has 31 heavy (non-hydrogen) atoms. The van der Waals surface area contributed by atoms with Crippen LogP contribution in [0.25, 0.3) is 0 Å². The number of hydrogen-bond acceptors (Lipinski definition) is 6. The van der Waals surface area contributed by atoms with Crippen molar-refractivity contribution in [3.05, 3.63) is 65.5 Å². The molecule has 1 amide bonds. The smallest absolute Gasteiger partial charge is 0.353 e. The number of carbonyl (C=O) groups excluding carboxylic acids is 2. The van der Waals surface area contributed by atoms with Crippen LogP contribution in [0.2, 0.25) is 0 Å². The van der Waals surface area contributed by atoms with Crippen LogP contribution in [0.3, 0.4) is 0 Å². The summed E-state index contributed by atoms with van der Waals surface area (Å²) in [5.74, 6) is -0.471. The normalized spacial score (nSPS) is 18.8. The SMILES string of the molecule is COC(=O)C1(Cc2ccccc2)CC(C(CC(C)C)NC(=O)c2cccc(C)n2)=NO1. The fraction of sp³-hybridized carbons (Fsp3) is 0.417. The van der Waals surface area contributed by atoms with Gasteiger partial charge in [0, 0.05) is 18.5 Å². The molecule has 1 aromatic heterocycles. The Bertz CT molecular complexity index is 958. The summed E-state index contributed by atoms with van der Waals surface area (Å²) in [4.78, 5) is 35.5. The number of methoxy groups -OCH3 is 1. The first-order valence-corrected chi connectivity index (χ1v) is 10.4. The zero-order valence-electron chi connectivity index (χ0n) is 18.4. The van der Waals surface area contributed by atoms with E-state index in [0.717, 1.165) is 11.3 Å². The maximum atomic E-state index is 12.8. The maximum absolute atomic E-state index is 12.8. The van der Waals surface area contributed by atoms with E-state index in [-0.39, 0.29) is 18.4 Å². The molecule has 0 fully saturated rings. The zero-order chi connectivity index (χ0) is 22.4. The molecule has 2 unspecified atom stereocenters. The van der Waals surface area contributed by atoms with Crippen molar-refractivity contribution in [1.29, 1.82) is 0 Å². The van der Waals surface area contributed by atoms with Gasteiger partial charge in [0.15, 0.2) is 0 Å². The van der Waals surface area contributed by atoms with E-state index >= 15 is 0 Å². The number of rotatable bonds is 8. The maximum Gasteiger partial charge on any atom is 0.353 e. The van der Waals surface area contributed by atoms with Crippen molar-refractivity contribution in [2.45, 2.75) is 51.7 Å². The Morgan fingerprint density at radius 3 is 2.55 bits per heavy atom. The molecule has 2 atom stereocenters. The van der Waals surface area contributed by atoms with E-state index in [9.17, 15) is 9.59 Å². The van der Waals surface area contributed by atoms with Gasteiger partial charge in [0.25, 0.3) is 5.91 Å². The highest BCUT2D eigenvalue weighted by Crippen LogP contribution is 2.32. The minimum Gasteiger partial charge on any atom is -0.466 e. The largest absolute Gasteiger partial charge is 0.466 e. The molecule has 1 aliphatic rings. The number of aryl methyl sites for hydroxylation is 1. The third kappa shape index (κ3) is 5.48. The van der Waals surface area contributed by atoms with Crippen LogP contribution in [0.1, 0.15) is 48.4 Å². The number of nitrogens with zero attached hydrogens (tertiary/aromatic N) is 2. The molecule has 2 heterocycles. The summed E-state index contributed by atoms with van der Waals surface area (Å²) in [5.41, 5.74) is 1.43. The summed E-state index contributed by atoms with van der Waals surface area (Å²) in [7, 11) is 1.34. The van der Waals surface area contributed by atoms with Gasteiger partial charge in [-0.3, -0.25) is 4.79 Å². The fourth-order valence-corrected chi connectivity index (χ4v) is 3.73. The van der Waals surface area contributed by atoms with E-state index in [4.69, 9.17) is 9.57 Å². The van der Waals surface area contributed by atoms with Gasteiger partial charge in [0.05, 0.1) is 18.9 Å². The number of carbonyl (C=O) groups is 2. The van der Waals surface area contributed by atoms with Gasteiger partial charge in [-0.1, -0.05) is 55.4 Å². The van der Waals surface area contributed by atoms with Crippen molar-refractivity contribution in [3.8, 4) is 0 Å². The van der Waals surface area contributed by atoms with Crippen LogP contribution < -0.4 is 5.32 Å². The van der Waals surface area contributed by atoms with E-state index in [0.29, 0.717) is 30.2 Å². The van der Waals surface area contributed by atoms with Gasteiger partial charge in [-0.15, -0.1) is 0 Å². The molecule has 0 saturated carbocycles. The van der Waals surface area contributed by atoms with Crippen molar-refractivity contribution in [2.75, 3.05) is 7.11 Å². The van der Waals surface area contributed by atoms with E-state index in [1.807, 2.05) is 43.3 Å². The highest BCUT2D eigenvalue weighted by molar-refractivity contribution is 6.01. The Balaban J connectivity index is 1.81. The lowest BCUT2D eigenvalue weighted by atomic mass is 9.86. The number of esters is 1. The second-order valence-electron chi connectivity index (χ2n) is 8.32. The molecule has 0 radical (unpaired) electrons. The van der Waals surface area contributed by atoms with Crippen LogP contribution in [-0.2, 0) is 20.8 Å². The summed E-state index contributed by atoms with van der Waals surface area (Å²) in [6.45, 7) is 5.97. The minimum absolute atomic E-state index is 0.244. The van der Waals surface area contributed by atoms with Gasteiger partial charge < -0.3 is 14.9 Å². The molecule has 0 spiro atoms. The molecule has 7 nitrogen and oxygen atoms in total. The molecule has 1 aliphatic heterocycles. The average Bonchev–Trinajstić information content (AvgIpc) is 3.18. The number of benzene rings is 1. The van der Waals surface area contributed by atoms with Crippen molar-refractivity contribution in [2.24, 2.45) is 11.1 Å². The van der Waals surface area contributed by atoms with E-state index in [1.165, 1.54) is 7.11 Å². The first-order chi connectivity index (χ1) is 14.8. The van der Waals surface area contributed by atoms with Crippen LogP contribution >= 0.6 is 0 Å². The third-order valence-electron chi connectivity index (χ3n) is 5.23. The van der Waals surface area contributed by atoms with Gasteiger partial charge in [-0.05, 0) is 37.0 Å². The lowest BCUT2D eigenvalue weighted by molar-refractivity contribution is -0.166. The predicted molar refractivity (Wildman–Crippen MR) is 118 cm³/mol. The summed E-state index contributed by atoms with van der Waals surface area (Å²) in [6, 6.07) is 14.5. The monoisotopic (exact) mass is 423 g/mol. The number of nitrogens with one attached hydrogen (secondary N) is 1. The first-order valence-electron chi connectivity index (χ1n) is 10.4. The molecular weight excluding hydrogens is 394 g/mol. The second kappa shape index (κ2) is 9.73. The number of pyridine rings is 1. The van der Waals surface area contributed by atoms with Gasteiger partial charge >= 0.3 is 5.97 Å². The Kier molecular flexibility index (Phi) is 7.05. The number of amides is 1. The number of aromatic nitrogens is 1. The molecule has 1 aromatic carbocycles. The molecule has 0 aliphatic carbocycles. The number of ether oxygens (including phenoxy) is 1. The molecule has 2 aromatic rings. The highest BCUT2D eigenvalue weighted by Gasteiger charge is 2.49. The van der Waals surface area contributed by atoms with Gasteiger partial charge in [-0.25, -0.2) is 9.78 Å². The van der Waals surface area contributed by atoms with Crippen molar-refractivity contribution >= 4 is 17.6 Å². The lowest BCUT2D eigenvalue weighted by Gasteiger charge is -2.25. The topological polar surface area (TPSA) is 89.9 Å². The molecule has 1 N–H and O–H groups in total. The van der Waals surface area contributed by atoms with Crippen molar-refractivity contribution in [3.63, 3.8) is 0 Å². The molecule has 164 valence electrons. The summed E-state index contributed by atoms with van der Waals surface area (Å²) < 4.78 is 5.05. The minimum atomic E-state index is -1.24. The summed E-state index contributed by atoms with van der Waals surface area (Å²) >= 11 is 0. The Morgan fingerprint density at radius 1 is 1.16 bits per heavy atom. The fourth-order valence-electron chi connectivity index (χ4n) is 3.73. The van der Waals surface area contributed by atoms with Crippen LogP contribution in [0.5, 0.6) is 0 Å². The Hall–Kier alpha value is -3.22. The molecule has 7 heteroatoms. The third-order valence-corrected chi connectivity index (χ3v) is 5.23. The first kappa shape index (κ1) is 22.5. The van der Waals surface area contributed by atoms with Gasteiger partial charge in [0.1, 0.15) is 5.69 Å². The number of hydrogen-bond donors (Lipinski definition) is 1. The zero-order valence-corrected chi connectivity index (χ0v) is 18.4. The average molecular weight is 424 g/mol. The standard InChI is InChI=1S/C24H29N3O4/c1-16(2)13-20(26-22(28)19-12-8-9-17(3)25-19)21-15-24(31-27-21,23(29)30-4)14-18-10-6-5-7-11-18/h5-12,16,20H,13-15H2,1-4H3,(H,26,28). The van der Waals surface area contributed by atoms with Crippen LogP contribution in [0.15, 0.2) is 53.7 Å². The van der Waals surface area contributed by atoms with E-state index < -0.39 is 11.6 Å². The summed E-state index contributed by atoms with van der Waals surface area (Å²) in [5, 5.41) is 7.28.